The number of hydrogen-bond acceptors (Lipinski definition) is 6. The summed E-state index contributed by atoms with van der Waals surface area (Å²) >= 11 is 0. The van der Waals surface area contributed by atoms with Crippen molar-refractivity contribution in [3.63, 3.8) is 0 Å². The van der Waals surface area contributed by atoms with Crippen LogP contribution in [0.25, 0.3) is 22.4 Å². The van der Waals surface area contributed by atoms with Crippen LogP contribution in [-0.2, 0) is 4.79 Å². The molecule has 0 aliphatic heterocycles. The molecule has 7 N–H and O–H groups in total. The molecule has 1 unspecified atom stereocenters. The molecule has 0 spiro atoms. The van der Waals surface area contributed by atoms with E-state index in [1.54, 1.807) is 36.4 Å². The number of nitrogens with two attached hydrogens (primary N) is 2. The lowest BCUT2D eigenvalue weighted by Gasteiger charge is -2.20. The molecule has 1 heterocycles. The Bertz CT molecular complexity index is 1600. The number of nitrogens with zero attached hydrogens (tertiary/aromatic N) is 2. The van der Waals surface area contributed by atoms with E-state index in [0.717, 1.165) is 12.1 Å². The van der Waals surface area contributed by atoms with Gasteiger partial charge in [0.2, 0.25) is 5.91 Å². The lowest BCUT2D eigenvalue weighted by molar-refractivity contribution is -0.274. The van der Waals surface area contributed by atoms with Gasteiger partial charge in [-0.1, -0.05) is 12.1 Å². The largest absolute Gasteiger partial charge is 0.573 e. The van der Waals surface area contributed by atoms with Crippen LogP contribution in [0.15, 0.2) is 66.7 Å². The minimum absolute atomic E-state index is 0.147. The Morgan fingerprint density at radius 3 is 2.43 bits per heavy atom. The van der Waals surface area contributed by atoms with Crippen LogP contribution in [-0.4, -0.2) is 47.3 Å². The highest BCUT2D eigenvalue weighted by molar-refractivity contribution is 6.06. The summed E-state index contributed by atoms with van der Waals surface area (Å²) in [5, 5.41) is 12.7. The third-order valence-corrected chi connectivity index (χ3v) is 6.24. The first-order valence-corrected chi connectivity index (χ1v) is 12.7. The molecule has 4 rings (SSSR count). The molecule has 14 heteroatoms. The number of alkyl halides is 3. The van der Waals surface area contributed by atoms with E-state index >= 15 is 0 Å². The third-order valence-electron chi connectivity index (χ3n) is 6.24. The fraction of sp³-hybridized carbons (Fsp3) is 0.214. The van der Waals surface area contributed by atoms with Gasteiger partial charge in [0.1, 0.15) is 23.4 Å². The highest BCUT2D eigenvalue weighted by Crippen LogP contribution is 2.34. The van der Waals surface area contributed by atoms with E-state index in [0.29, 0.717) is 28.9 Å². The number of amides is 2. The molecule has 11 nitrogen and oxygen atoms in total. The van der Waals surface area contributed by atoms with Gasteiger partial charge in [0.25, 0.3) is 5.91 Å². The molecule has 0 saturated heterocycles. The van der Waals surface area contributed by atoms with Crippen LogP contribution in [0.1, 0.15) is 29.2 Å². The Morgan fingerprint density at radius 2 is 1.79 bits per heavy atom. The predicted molar refractivity (Wildman–Crippen MR) is 150 cm³/mol. The first-order valence-electron chi connectivity index (χ1n) is 12.7. The molecular formula is C28H28F3N7O4. The number of imidazole rings is 1. The van der Waals surface area contributed by atoms with E-state index in [-0.39, 0.29) is 35.9 Å². The highest BCUT2D eigenvalue weighted by atomic mass is 19.4. The molecule has 0 aliphatic rings. The summed E-state index contributed by atoms with van der Waals surface area (Å²) in [6.07, 6.45) is -4.33. The second-order valence-corrected chi connectivity index (χ2v) is 9.17. The van der Waals surface area contributed by atoms with Crippen LogP contribution in [0.3, 0.4) is 0 Å². The number of anilines is 1. The van der Waals surface area contributed by atoms with Crippen molar-refractivity contribution in [1.29, 1.82) is 5.41 Å². The van der Waals surface area contributed by atoms with Gasteiger partial charge in [0.15, 0.2) is 5.96 Å². The predicted octanol–water partition coefficient (Wildman–Crippen LogP) is 4.15. The molecule has 220 valence electrons. The van der Waals surface area contributed by atoms with Crippen LogP contribution >= 0.6 is 0 Å². The molecule has 0 bridgehead atoms. The average Bonchev–Trinajstić information content (AvgIpc) is 3.31. The maximum atomic E-state index is 13.0. The maximum absolute atomic E-state index is 13.0. The van der Waals surface area contributed by atoms with E-state index in [4.69, 9.17) is 21.6 Å². The number of hydrogen-bond donors (Lipinski definition) is 5. The summed E-state index contributed by atoms with van der Waals surface area (Å²) < 4.78 is 49.5. The number of guanidine groups is 1. The topological polar surface area (TPSA) is 170 Å². The Balaban J connectivity index is 1.76. The number of benzene rings is 3. The Labute approximate surface area is 238 Å². The van der Waals surface area contributed by atoms with E-state index in [2.05, 4.69) is 20.4 Å². The number of aromatic nitrogens is 2. The minimum atomic E-state index is -4.91. The normalized spacial score (nSPS) is 12.0. The number of carbonyl (C=O) groups excluding carboxylic acids is 2. The van der Waals surface area contributed by atoms with Crippen molar-refractivity contribution in [1.82, 2.24) is 14.9 Å². The lowest BCUT2D eigenvalue weighted by Crippen LogP contribution is -2.32. The Morgan fingerprint density at radius 1 is 1.05 bits per heavy atom. The van der Waals surface area contributed by atoms with Crippen molar-refractivity contribution in [3.05, 3.63) is 72.3 Å². The number of primary amides is 1. The number of methoxy groups -OCH3 is 1. The summed E-state index contributed by atoms with van der Waals surface area (Å²) in [6, 6.07) is 15.6. The molecule has 0 saturated carbocycles. The Kier molecular flexibility index (Phi) is 8.84. The summed E-state index contributed by atoms with van der Waals surface area (Å²) in [5.41, 5.74) is 12.9. The number of ether oxygens (including phenoxy) is 2. The van der Waals surface area contributed by atoms with E-state index < -0.39 is 30.0 Å². The third kappa shape index (κ3) is 7.27. The van der Waals surface area contributed by atoms with Crippen LogP contribution in [0.2, 0.25) is 0 Å². The van der Waals surface area contributed by atoms with Gasteiger partial charge in [-0.25, -0.2) is 4.98 Å². The molecular weight excluding hydrogens is 555 g/mol. The van der Waals surface area contributed by atoms with Crippen LogP contribution < -0.4 is 31.6 Å². The monoisotopic (exact) mass is 583 g/mol. The van der Waals surface area contributed by atoms with Gasteiger partial charge in [0.05, 0.1) is 18.1 Å². The molecule has 0 radical (unpaired) electrons. The second kappa shape index (κ2) is 12.5. The number of nitrogens with one attached hydrogen (secondary N) is 3. The standard InChI is InChI=1S/C28H28F3N7O4/c1-41-19-10-8-18(9-11-19)36-26(40)17-7-12-22-21(15-17)37-25(16-4-2-5-20(14-16)42-28(29,30)31)38(22)23(24(32)39)6-3-13-35-27(33)34/h2,4-5,7-12,14-15,23H,3,6,13H2,1H3,(H2,32,39)(H,36,40)(H4,33,34,35). The fourth-order valence-electron chi connectivity index (χ4n) is 4.39. The zero-order valence-corrected chi connectivity index (χ0v) is 22.4. The van der Waals surface area contributed by atoms with Gasteiger partial charge in [-0.2, -0.15) is 0 Å². The molecule has 1 atom stereocenters. The van der Waals surface area contributed by atoms with Gasteiger partial charge in [-0.05, 0) is 67.4 Å². The van der Waals surface area contributed by atoms with E-state index in [9.17, 15) is 22.8 Å². The molecule has 42 heavy (non-hydrogen) atoms. The summed E-state index contributed by atoms with van der Waals surface area (Å²) in [5.74, 6) is -1.07. The van der Waals surface area contributed by atoms with Crippen molar-refractivity contribution in [2.24, 2.45) is 11.5 Å². The van der Waals surface area contributed by atoms with Crippen molar-refractivity contribution in [3.8, 4) is 22.9 Å². The zero-order chi connectivity index (χ0) is 30.4. The first kappa shape index (κ1) is 29.7. The van der Waals surface area contributed by atoms with E-state index in [1.807, 2.05) is 0 Å². The van der Waals surface area contributed by atoms with Gasteiger partial charge in [-0.3, -0.25) is 15.0 Å². The van der Waals surface area contributed by atoms with Crippen molar-refractivity contribution in [2.45, 2.75) is 25.2 Å². The van der Waals surface area contributed by atoms with Crippen molar-refractivity contribution in [2.75, 3.05) is 19.0 Å². The van der Waals surface area contributed by atoms with Crippen molar-refractivity contribution >= 4 is 34.5 Å². The van der Waals surface area contributed by atoms with Gasteiger partial charge in [-0.15, -0.1) is 13.2 Å². The molecule has 0 aliphatic carbocycles. The number of fused-ring (bicyclic) bond motifs is 1. The summed E-state index contributed by atoms with van der Waals surface area (Å²) in [7, 11) is 1.53. The number of halogens is 3. The Hall–Kier alpha value is -5.27. The van der Waals surface area contributed by atoms with Crippen LogP contribution in [0.5, 0.6) is 11.5 Å². The maximum Gasteiger partial charge on any atom is 0.573 e. The van der Waals surface area contributed by atoms with E-state index in [1.165, 1.54) is 29.9 Å². The highest BCUT2D eigenvalue weighted by Gasteiger charge is 2.31. The summed E-state index contributed by atoms with van der Waals surface area (Å²) in [6.45, 7) is 0.283. The lowest BCUT2D eigenvalue weighted by atomic mass is 10.1. The molecule has 0 fully saturated rings. The number of carbonyl (C=O) groups is 2. The summed E-state index contributed by atoms with van der Waals surface area (Å²) in [4.78, 5) is 30.3. The first-order chi connectivity index (χ1) is 19.9. The van der Waals surface area contributed by atoms with Gasteiger partial charge < -0.3 is 36.1 Å². The minimum Gasteiger partial charge on any atom is -0.497 e. The second-order valence-electron chi connectivity index (χ2n) is 9.17. The van der Waals surface area contributed by atoms with Crippen molar-refractivity contribution < 1.29 is 32.2 Å². The smallest absolute Gasteiger partial charge is 0.497 e. The van der Waals surface area contributed by atoms with Gasteiger partial charge in [0, 0.05) is 23.4 Å². The zero-order valence-electron chi connectivity index (χ0n) is 22.4. The molecule has 1 aromatic heterocycles. The fourth-order valence-corrected chi connectivity index (χ4v) is 4.39. The molecule has 3 aromatic carbocycles. The SMILES string of the molecule is COc1ccc(NC(=O)c2ccc3c(c2)nc(-c2cccc(OC(F)(F)F)c2)n3C(CCCNC(=N)N)C(N)=O)cc1. The van der Waals surface area contributed by atoms with Crippen LogP contribution in [0.4, 0.5) is 18.9 Å². The number of rotatable bonds is 11. The quantitative estimate of drug-likeness (QED) is 0.100. The molecule has 4 aromatic rings. The van der Waals surface area contributed by atoms with Crippen LogP contribution in [0, 0.1) is 5.41 Å². The van der Waals surface area contributed by atoms with Gasteiger partial charge >= 0.3 is 6.36 Å². The average molecular weight is 584 g/mol. The molecule has 2 amide bonds.